The van der Waals surface area contributed by atoms with Crippen LogP contribution >= 0.6 is 11.6 Å². The van der Waals surface area contributed by atoms with E-state index in [9.17, 15) is 13.2 Å². The molecule has 0 atom stereocenters. The summed E-state index contributed by atoms with van der Waals surface area (Å²) >= 11 is 5.79. The molecule has 116 valence electrons. The van der Waals surface area contributed by atoms with E-state index in [-0.39, 0.29) is 21.5 Å². The van der Waals surface area contributed by atoms with Gasteiger partial charge in [0.05, 0.1) is 15.5 Å². The SMILES string of the molecule is CCN(C1CCCC1)S(=O)(=O)c1ccc(Cl)c(C(=O)O)c1. The standard InChI is InChI=1S/C14H18ClNO4S/c1-2-16(10-5-3-4-6-10)21(19,20)11-7-8-13(15)12(9-11)14(17)18/h7-10H,2-6H2,1H3,(H,17,18). The van der Waals surface area contributed by atoms with Crippen molar-refractivity contribution in [3.63, 3.8) is 0 Å². The number of benzene rings is 1. The van der Waals surface area contributed by atoms with Gasteiger partial charge in [-0.15, -0.1) is 0 Å². The van der Waals surface area contributed by atoms with Gasteiger partial charge in [0.2, 0.25) is 10.0 Å². The van der Waals surface area contributed by atoms with Crippen LogP contribution in [-0.4, -0.2) is 36.4 Å². The fourth-order valence-electron chi connectivity index (χ4n) is 2.78. The molecule has 1 saturated carbocycles. The molecule has 0 aliphatic heterocycles. The maximum absolute atomic E-state index is 12.7. The van der Waals surface area contributed by atoms with Crippen molar-refractivity contribution in [2.45, 2.75) is 43.5 Å². The van der Waals surface area contributed by atoms with E-state index in [1.165, 1.54) is 16.4 Å². The summed E-state index contributed by atoms with van der Waals surface area (Å²) in [6.45, 7) is 2.17. The maximum Gasteiger partial charge on any atom is 0.337 e. The second-order valence-electron chi connectivity index (χ2n) is 5.09. The van der Waals surface area contributed by atoms with Gasteiger partial charge in [-0.25, -0.2) is 13.2 Å². The zero-order chi connectivity index (χ0) is 15.6. The summed E-state index contributed by atoms with van der Waals surface area (Å²) in [5, 5.41) is 9.10. The second-order valence-corrected chi connectivity index (χ2v) is 7.39. The summed E-state index contributed by atoms with van der Waals surface area (Å²) < 4.78 is 26.9. The molecule has 1 fully saturated rings. The lowest BCUT2D eigenvalue weighted by atomic mass is 10.2. The van der Waals surface area contributed by atoms with Gasteiger partial charge in [-0.05, 0) is 31.0 Å². The second kappa shape index (κ2) is 6.34. The van der Waals surface area contributed by atoms with E-state index in [0.29, 0.717) is 6.54 Å². The van der Waals surface area contributed by atoms with Gasteiger partial charge < -0.3 is 5.11 Å². The van der Waals surface area contributed by atoms with Gasteiger partial charge in [-0.1, -0.05) is 31.4 Å². The Hall–Kier alpha value is -1.11. The van der Waals surface area contributed by atoms with Gasteiger partial charge in [-0.3, -0.25) is 0 Å². The minimum atomic E-state index is -3.70. The summed E-state index contributed by atoms with van der Waals surface area (Å²) in [7, 11) is -3.70. The van der Waals surface area contributed by atoms with Crippen LogP contribution in [0.15, 0.2) is 23.1 Å². The van der Waals surface area contributed by atoms with Gasteiger partial charge in [0, 0.05) is 12.6 Å². The fourth-order valence-corrected chi connectivity index (χ4v) is 4.70. The van der Waals surface area contributed by atoms with Gasteiger partial charge in [0.25, 0.3) is 0 Å². The molecule has 1 N–H and O–H groups in total. The van der Waals surface area contributed by atoms with Crippen molar-refractivity contribution in [2.24, 2.45) is 0 Å². The highest BCUT2D eigenvalue weighted by atomic mass is 35.5. The van der Waals surface area contributed by atoms with Gasteiger partial charge in [0.1, 0.15) is 0 Å². The van der Waals surface area contributed by atoms with Crippen LogP contribution in [-0.2, 0) is 10.0 Å². The Morgan fingerprint density at radius 3 is 2.52 bits per heavy atom. The lowest BCUT2D eigenvalue weighted by Crippen LogP contribution is -2.38. The number of sulfonamides is 1. The Balaban J connectivity index is 2.42. The van der Waals surface area contributed by atoms with E-state index in [2.05, 4.69) is 0 Å². The van der Waals surface area contributed by atoms with Crippen molar-refractivity contribution in [3.05, 3.63) is 28.8 Å². The lowest BCUT2D eigenvalue weighted by Gasteiger charge is -2.26. The summed E-state index contributed by atoms with van der Waals surface area (Å²) in [6.07, 6.45) is 3.76. The fraction of sp³-hybridized carbons (Fsp3) is 0.500. The quantitative estimate of drug-likeness (QED) is 0.900. The van der Waals surface area contributed by atoms with Crippen molar-refractivity contribution in [3.8, 4) is 0 Å². The van der Waals surface area contributed by atoms with E-state index >= 15 is 0 Å². The minimum Gasteiger partial charge on any atom is -0.478 e. The average Bonchev–Trinajstić information content (AvgIpc) is 2.93. The highest BCUT2D eigenvalue weighted by molar-refractivity contribution is 7.89. The first-order valence-electron chi connectivity index (χ1n) is 6.92. The molecule has 1 aliphatic rings. The first-order chi connectivity index (χ1) is 9.87. The molecule has 0 unspecified atom stereocenters. The molecule has 2 rings (SSSR count). The van der Waals surface area contributed by atoms with Crippen LogP contribution in [0.4, 0.5) is 0 Å². The molecule has 7 heteroatoms. The maximum atomic E-state index is 12.7. The van der Waals surface area contributed by atoms with Crippen molar-refractivity contribution in [2.75, 3.05) is 6.54 Å². The molecule has 0 spiro atoms. The van der Waals surface area contributed by atoms with Crippen molar-refractivity contribution < 1.29 is 18.3 Å². The number of hydrogen-bond acceptors (Lipinski definition) is 3. The number of rotatable bonds is 5. The highest BCUT2D eigenvalue weighted by Gasteiger charge is 2.32. The molecular formula is C14H18ClNO4S. The third-order valence-electron chi connectivity index (χ3n) is 3.82. The molecule has 0 radical (unpaired) electrons. The molecule has 1 aromatic rings. The summed E-state index contributed by atoms with van der Waals surface area (Å²) in [5.74, 6) is -1.24. The molecule has 0 saturated heterocycles. The highest BCUT2D eigenvalue weighted by Crippen LogP contribution is 2.29. The zero-order valence-corrected chi connectivity index (χ0v) is 13.3. The minimum absolute atomic E-state index is 0.00366. The Bertz CT molecular complexity index is 638. The summed E-state index contributed by atoms with van der Waals surface area (Å²) in [5.41, 5.74) is -0.194. The zero-order valence-electron chi connectivity index (χ0n) is 11.8. The number of carboxylic acid groups (broad SMARTS) is 1. The smallest absolute Gasteiger partial charge is 0.337 e. The average molecular weight is 332 g/mol. The van der Waals surface area contributed by atoms with Gasteiger partial charge in [0.15, 0.2) is 0 Å². The third-order valence-corrected chi connectivity index (χ3v) is 6.17. The number of carbonyl (C=O) groups is 1. The van der Waals surface area contributed by atoms with Crippen molar-refractivity contribution >= 4 is 27.6 Å². The molecule has 1 aromatic carbocycles. The van der Waals surface area contributed by atoms with Crippen LogP contribution < -0.4 is 0 Å². The summed E-state index contributed by atoms with van der Waals surface area (Å²) in [6, 6.07) is 3.82. The Labute approximate surface area is 129 Å². The molecule has 21 heavy (non-hydrogen) atoms. The van der Waals surface area contributed by atoms with Crippen molar-refractivity contribution in [1.82, 2.24) is 4.31 Å². The topological polar surface area (TPSA) is 74.7 Å². The molecule has 0 amide bonds. The van der Waals surface area contributed by atoms with E-state index in [1.54, 1.807) is 6.92 Å². The predicted octanol–water partition coefficient (Wildman–Crippen LogP) is 2.99. The number of halogens is 1. The van der Waals surface area contributed by atoms with Crippen LogP contribution in [0, 0.1) is 0 Å². The van der Waals surface area contributed by atoms with Gasteiger partial charge >= 0.3 is 5.97 Å². The largest absolute Gasteiger partial charge is 0.478 e. The Morgan fingerprint density at radius 1 is 1.38 bits per heavy atom. The predicted molar refractivity (Wildman–Crippen MR) is 80.2 cm³/mol. The number of nitrogens with zero attached hydrogens (tertiary/aromatic N) is 1. The number of aromatic carboxylic acids is 1. The third kappa shape index (κ3) is 3.22. The molecule has 0 aromatic heterocycles. The van der Waals surface area contributed by atoms with Crippen LogP contribution in [0.2, 0.25) is 5.02 Å². The first-order valence-corrected chi connectivity index (χ1v) is 8.74. The molecule has 0 heterocycles. The first kappa shape index (κ1) is 16.3. The molecule has 0 bridgehead atoms. The van der Waals surface area contributed by atoms with Crippen molar-refractivity contribution in [1.29, 1.82) is 0 Å². The van der Waals surface area contributed by atoms with E-state index < -0.39 is 16.0 Å². The van der Waals surface area contributed by atoms with E-state index in [0.717, 1.165) is 31.7 Å². The van der Waals surface area contributed by atoms with Crippen LogP contribution in [0.5, 0.6) is 0 Å². The normalized spacial score (nSPS) is 16.5. The Morgan fingerprint density at radius 2 is 2.00 bits per heavy atom. The molecular weight excluding hydrogens is 314 g/mol. The number of carboxylic acids is 1. The van der Waals surface area contributed by atoms with E-state index in [4.69, 9.17) is 16.7 Å². The van der Waals surface area contributed by atoms with Gasteiger partial charge in [-0.2, -0.15) is 4.31 Å². The monoisotopic (exact) mass is 331 g/mol. The molecule has 1 aliphatic carbocycles. The number of hydrogen-bond donors (Lipinski definition) is 1. The van der Waals surface area contributed by atoms with Crippen LogP contribution in [0.1, 0.15) is 43.0 Å². The molecule has 5 nitrogen and oxygen atoms in total. The van der Waals surface area contributed by atoms with Crippen LogP contribution in [0.3, 0.4) is 0 Å². The Kier molecular flexibility index (Phi) is 4.91. The summed E-state index contributed by atoms with van der Waals surface area (Å²) in [4.78, 5) is 11.1. The lowest BCUT2D eigenvalue weighted by molar-refractivity contribution is 0.0697. The van der Waals surface area contributed by atoms with E-state index in [1.807, 2.05) is 0 Å². The van der Waals surface area contributed by atoms with Crippen LogP contribution in [0.25, 0.3) is 0 Å².